The number of hydrogen-bond donors (Lipinski definition) is 2. The molecule has 70 valence electrons. The normalized spacial score (nSPS) is 10.3. The SMILES string of the molecule is N#CCc1c[nH]c2c(Br)ccc(O)c12. The molecule has 0 saturated carbocycles. The number of nitriles is 1. The van der Waals surface area contributed by atoms with Gasteiger partial charge in [0.1, 0.15) is 5.75 Å². The van der Waals surface area contributed by atoms with Gasteiger partial charge in [-0.3, -0.25) is 0 Å². The average Bonchev–Trinajstić information content (AvgIpc) is 2.58. The molecule has 1 heterocycles. The van der Waals surface area contributed by atoms with Crippen molar-refractivity contribution in [2.24, 2.45) is 0 Å². The zero-order valence-corrected chi connectivity index (χ0v) is 8.80. The molecular formula is C10H7BrN2O. The summed E-state index contributed by atoms with van der Waals surface area (Å²) in [5.74, 6) is 0.203. The number of nitrogens with zero attached hydrogens (tertiary/aromatic N) is 1. The fourth-order valence-corrected chi connectivity index (χ4v) is 1.93. The number of halogens is 1. The Labute approximate surface area is 89.1 Å². The van der Waals surface area contributed by atoms with Crippen molar-refractivity contribution in [3.63, 3.8) is 0 Å². The average molecular weight is 251 g/mol. The minimum atomic E-state index is 0.203. The van der Waals surface area contributed by atoms with Crippen molar-refractivity contribution in [3.05, 3.63) is 28.4 Å². The van der Waals surface area contributed by atoms with Crippen molar-refractivity contribution >= 4 is 26.8 Å². The van der Waals surface area contributed by atoms with E-state index in [2.05, 4.69) is 27.0 Å². The van der Waals surface area contributed by atoms with Gasteiger partial charge in [-0.15, -0.1) is 0 Å². The van der Waals surface area contributed by atoms with Crippen LogP contribution in [0.3, 0.4) is 0 Å². The van der Waals surface area contributed by atoms with E-state index in [9.17, 15) is 5.11 Å². The zero-order valence-electron chi connectivity index (χ0n) is 7.21. The number of rotatable bonds is 1. The molecule has 14 heavy (non-hydrogen) atoms. The monoisotopic (exact) mass is 250 g/mol. The number of hydrogen-bond acceptors (Lipinski definition) is 2. The van der Waals surface area contributed by atoms with E-state index >= 15 is 0 Å². The second-order valence-electron chi connectivity index (χ2n) is 2.97. The quantitative estimate of drug-likeness (QED) is 0.818. The van der Waals surface area contributed by atoms with Crippen molar-refractivity contribution in [2.75, 3.05) is 0 Å². The highest BCUT2D eigenvalue weighted by Crippen LogP contribution is 2.32. The molecule has 2 aromatic rings. The highest BCUT2D eigenvalue weighted by Gasteiger charge is 2.09. The summed E-state index contributed by atoms with van der Waals surface area (Å²) in [6.45, 7) is 0. The maximum atomic E-state index is 9.64. The number of aromatic hydroxyl groups is 1. The smallest absolute Gasteiger partial charge is 0.125 e. The molecule has 0 aliphatic carbocycles. The number of H-pyrrole nitrogens is 1. The molecule has 0 radical (unpaired) electrons. The number of phenols is 1. The van der Waals surface area contributed by atoms with E-state index < -0.39 is 0 Å². The Bertz CT molecular complexity index is 525. The van der Waals surface area contributed by atoms with Gasteiger partial charge in [-0.1, -0.05) is 0 Å². The number of phenolic OH excluding ortho intramolecular Hbond substituents is 1. The highest BCUT2D eigenvalue weighted by molar-refractivity contribution is 9.10. The first kappa shape index (κ1) is 9.10. The third-order valence-electron chi connectivity index (χ3n) is 2.11. The first-order valence-corrected chi connectivity index (χ1v) is 4.87. The van der Waals surface area contributed by atoms with E-state index in [1.165, 1.54) is 0 Å². The first-order valence-electron chi connectivity index (χ1n) is 4.08. The molecule has 0 fully saturated rings. The number of nitrogens with one attached hydrogen (secondary N) is 1. The van der Waals surface area contributed by atoms with Crippen molar-refractivity contribution in [3.8, 4) is 11.8 Å². The van der Waals surface area contributed by atoms with Gasteiger partial charge in [0, 0.05) is 16.1 Å². The molecule has 1 aromatic carbocycles. The molecule has 1 aromatic heterocycles. The number of fused-ring (bicyclic) bond motifs is 1. The maximum absolute atomic E-state index is 9.64. The second kappa shape index (κ2) is 3.35. The lowest BCUT2D eigenvalue weighted by Gasteiger charge is -1.98. The van der Waals surface area contributed by atoms with Gasteiger partial charge >= 0.3 is 0 Å². The van der Waals surface area contributed by atoms with E-state index in [1.54, 1.807) is 18.3 Å². The van der Waals surface area contributed by atoms with Gasteiger partial charge in [-0.05, 0) is 33.6 Å². The lowest BCUT2D eigenvalue weighted by Crippen LogP contribution is -1.78. The van der Waals surface area contributed by atoms with E-state index in [1.807, 2.05) is 0 Å². The van der Waals surface area contributed by atoms with Gasteiger partial charge in [0.05, 0.1) is 18.0 Å². The van der Waals surface area contributed by atoms with Gasteiger partial charge in [-0.25, -0.2) is 0 Å². The Morgan fingerprint density at radius 3 is 3.00 bits per heavy atom. The summed E-state index contributed by atoms with van der Waals surface area (Å²) >= 11 is 3.37. The Morgan fingerprint density at radius 1 is 1.50 bits per heavy atom. The predicted octanol–water partition coefficient (Wildman–Crippen LogP) is 2.70. The van der Waals surface area contributed by atoms with Crippen molar-refractivity contribution in [2.45, 2.75) is 6.42 Å². The van der Waals surface area contributed by atoms with Crippen LogP contribution in [0.2, 0.25) is 0 Å². The largest absolute Gasteiger partial charge is 0.507 e. The first-order chi connectivity index (χ1) is 6.74. The van der Waals surface area contributed by atoms with Crippen LogP contribution in [0, 0.1) is 11.3 Å². The van der Waals surface area contributed by atoms with Crippen LogP contribution < -0.4 is 0 Å². The van der Waals surface area contributed by atoms with Crippen LogP contribution >= 0.6 is 15.9 Å². The molecule has 0 aliphatic heterocycles. The molecule has 2 N–H and O–H groups in total. The standard InChI is InChI=1S/C10H7BrN2O/c11-7-1-2-8(14)9-6(3-4-12)5-13-10(7)9/h1-2,5,13-14H,3H2. The lowest BCUT2D eigenvalue weighted by atomic mass is 10.1. The molecular weight excluding hydrogens is 244 g/mol. The molecule has 0 saturated heterocycles. The molecule has 2 rings (SSSR count). The van der Waals surface area contributed by atoms with E-state index in [0.29, 0.717) is 6.42 Å². The number of aromatic amines is 1. The Kier molecular flexibility index (Phi) is 2.18. The Balaban J connectivity index is 2.78. The summed E-state index contributed by atoms with van der Waals surface area (Å²) in [6, 6.07) is 5.44. The molecule has 0 amide bonds. The fraction of sp³-hybridized carbons (Fsp3) is 0.100. The van der Waals surface area contributed by atoms with E-state index in [0.717, 1.165) is 20.9 Å². The van der Waals surface area contributed by atoms with Gasteiger partial charge < -0.3 is 10.1 Å². The minimum absolute atomic E-state index is 0.203. The second-order valence-corrected chi connectivity index (χ2v) is 3.82. The van der Waals surface area contributed by atoms with Crippen molar-refractivity contribution in [1.82, 2.24) is 4.98 Å². The fourth-order valence-electron chi connectivity index (χ4n) is 1.49. The van der Waals surface area contributed by atoms with E-state index in [-0.39, 0.29) is 5.75 Å². The molecule has 3 nitrogen and oxygen atoms in total. The number of aromatic nitrogens is 1. The van der Waals surface area contributed by atoms with Gasteiger partial charge in [0.25, 0.3) is 0 Å². The molecule has 0 unspecified atom stereocenters. The van der Waals surface area contributed by atoms with Crippen LogP contribution in [-0.2, 0) is 6.42 Å². The van der Waals surface area contributed by atoms with Crippen LogP contribution in [0.5, 0.6) is 5.75 Å². The zero-order chi connectivity index (χ0) is 10.1. The molecule has 0 spiro atoms. The van der Waals surface area contributed by atoms with Crippen LogP contribution in [0.1, 0.15) is 5.56 Å². The minimum Gasteiger partial charge on any atom is -0.507 e. The van der Waals surface area contributed by atoms with Gasteiger partial charge in [0.15, 0.2) is 0 Å². The Morgan fingerprint density at radius 2 is 2.29 bits per heavy atom. The summed E-state index contributed by atoms with van der Waals surface area (Å²) in [6.07, 6.45) is 2.04. The van der Waals surface area contributed by atoms with Crippen molar-refractivity contribution in [1.29, 1.82) is 5.26 Å². The molecule has 0 atom stereocenters. The molecule has 4 heteroatoms. The highest BCUT2D eigenvalue weighted by atomic mass is 79.9. The van der Waals surface area contributed by atoms with Gasteiger partial charge in [0.2, 0.25) is 0 Å². The van der Waals surface area contributed by atoms with Crippen LogP contribution in [0.15, 0.2) is 22.8 Å². The summed E-state index contributed by atoms with van der Waals surface area (Å²) in [5.41, 5.74) is 1.65. The lowest BCUT2D eigenvalue weighted by molar-refractivity contribution is 0.481. The summed E-state index contributed by atoms with van der Waals surface area (Å²) in [4.78, 5) is 3.02. The topological polar surface area (TPSA) is 59.8 Å². The van der Waals surface area contributed by atoms with Crippen LogP contribution in [0.4, 0.5) is 0 Å². The predicted molar refractivity (Wildman–Crippen MR) is 57.0 cm³/mol. The Hall–Kier alpha value is -1.47. The van der Waals surface area contributed by atoms with Crippen molar-refractivity contribution < 1.29 is 5.11 Å². The van der Waals surface area contributed by atoms with E-state index in [4.69, 9.17) is 5.26 Å². The summed E-state index contributed by atoms with van der Waals surface area (Å²) in [7, 11) is 0. The number of benzene rings is 1. The third-order valence-corrected chi connectivity index (χ3v) is 2.77. The molecule has 0 bridgehead atoms. The summed E-state index contributed by atoms with van der Waals surface area (Å²) in [5, 5.41) is 19.0. The third kappa shape index (κ3) is 1.26. The van der Waals surface area contributed by atoms with Gasteiger partial charge in [-0.2, -0.15) is 5.26 Å². The summed E-state index contributed by atoms with van der Waals surface area (Å²) < 4.78 is 0.884. The van der Waals surface area contributed by atoms with Crippen LogP contribution in [-0.4, -0.2) is 10.1 Å². The van der Waals surface area contributed by atoms with Crippen LogP contribution in [0.25, 0.3) is 10.9 Å². The molecule has 0 aliphatic rings. The maximum Gasteiger partial charge on any atom is 0.125 e.